The fraction of sp³-hybridized carbons (Fsp3) is 0.526. The molecule has 25 heavy (non-hydrogen) atoms. The van der Waals surface area contributed by atoms with Crippen molar-refractivity contribution >= 4 is 6.03 Å². The molecule has 0 bridgehead atoms. The van der Waals surface area contributed by atoms with E-state index in [1.54, 1.807) is 17.1 Å². The third-order valence-corrected chi connectivity index (χ3v) is 5.26. The SMILES string of the molecule is C[C@H](C1CCCCC1)N(C)C(=O)NCc1ccnc(-n2cccn2)c1. The minimum atomic E-state index is -0.0180. The second-order valence-electron chi connectivity index (χ2n) is 6.88. The Labute approximate surface area is 149 Å². The Morgan fingerprint density at radius 2 is 2.16 bits per heavy atom. The summed E-state index contributed by atoms with van der Waals surface area (Å²) in [5.41, 5.74) is 1.01. The van der Waals surface area contributed by atoms with E-state index in [1.807, 2.05) is 36.3 Å². The Morgan fingerprint density at radius 1 is 1.36 bits per heavy atom. The highest BCUT2D eigenvalue weighted by Gasteiger charge is 2.25. The standard InChI is InChI=1S/C19H27N5O/c1-15(17-7-4-3-5-8-17)23(2)19(25)21-14-16-9-11-20-18(13-16)24-12-6-10-22-24/h6,9-13,15,17H,3-5,7-8,14H2,1-2H3,(H,21,25)/t15-/m1/s1. The first-order valence-electron chi connectivity index (χ1n) is 9.11. The highest BCUT2D eigenvalue weighted by molar-refractivity contribution is 5.74. The van der Waals surface area contributed by atoms with Gasteiger partial charge < -0.3 is 10.2 Å². The summed E-state index contributed by atoms with van der Waals surface area (Å²) in [6, 6.07) is 5.97. The van der Waals surface area contributed by atoms with Crippen LogP contribution in [0.3, 0.4) is 0 Å². The van der Waals surface area contributed by atoms with Crippen LogP contribution in [0, 0.1) is 5.92 Å². The van der Waals surface area contributed by atoms with Gasteiger partial charge >= 0.3 is 6.03 Å². The summed E-state index contributed by atoms with van der Waals surface area (Å²) < 4.78 is 1.71. The number of carbonyl (C=O) groups excluding carboxylic acids is 1. The van der Waals surface area contributed by atoms with Gasteiger partial charge in [0.1, 0.15) is 0 Å². The maximum Gasteiger partial charge on any atom is 0.317 e. The van der Waals surface area contributed by atoms with E-state index < -0.39 is 0 Å². The maximum atomic E-state index is 12.5. The van der Waals surface area contributed by atoms with Gasteiger partial charge in [-0.2, -0.15) is 5.10 Å². The molecule has 134 valence electrons. The molecule has 1 saturated carbocycles. The number of hydrogen-bond donors (Lipinski definition) is 1. The van der Waals surface area contributed by atoms with E-state index in [2.05, 4.69) is 22.3 Å². The molecule has 6 heteroatoms. The number of urea groups is 1. The molecule has 1 fully saturated rings. The van der Waals surface area contributed by atoms with Crippen LogP contribution in [0.5, 0.6) is 0 Å². The minimum absolute atomic E-state index is 0.0180. The lowest BCUT2D eigenvalue weighted by molar-refractivity contribution is 0.156. The van der Waals surface area contributed by atoms with Crippen molar-refractivity contribution in [1.82, 2.24) is 25.0 Å². The molecule has 0 unspecified atom stereocenters. The smallest absolute Gasteiger partial charge is 0.317 e. The zero-order valence-corrected chi connectivity index (χ0v) is 15.1. The molecule has 2 aromatic heterocycles. The van der Waals surface area contributed by atoms with E-state index in [4.69, 9.17) is 0 Å². The third kappa shape index (κ3) is 4.38. The Balaban J connectivity index is 1.55. The summed E-state index contributed by atoms with van der Waals surface area (Å²) in [5, 5.41) is 7.21. The molecule has 0 spiro atoms. The largest absolute Gasteiger partial charge is 0.334 e. The van der Waals surface area contributed by atoms with Crippen LogP contribution >= 0.6 is 0 Å². The Kier molecular flexibility index (Phi) is 5.68. The van der Waals surface area contributed by atoms with Crippen LogP contribution < -0.4 is 5.32 Å². The number of pyridine rings is 1. The fourth-order valence-corrected chi connectivity index (χ4v) is 3.52. The van der Waals surface area contributed by atoms with Gasteiger partial charge in [-0.05, 0) is 49.4 Å². The summed E-state index contributed by atoms with van der Waals surface area (Å²) in [6.07, 6.45) is 11.7. The Bertz CT molecular complexity index is 679. The van der Waals surface area contributed by atoms with Gasteiger partial charge in [0.25, 0.3) is 0 Å². The number of nitrogens with one attached hydrogen (secondary N) is 1. The number of aromatic nitrogens is 3. The van der Waals surface area contributed by atoms with Crippen molar-refractivity contribution in [2.24, 2.45) is 5.92 Å². The van der Waals surface area contributed by atoms with Gasteiger partial charge in [0.2, 0.25) is 0 Å². The monoisotopic (exact) mass is 341 g/mol. The molecule has 0 aliphatic heterocycles. The second-order valence-corrected chi connectivity index (χ2v) is 6.88. The van der Waals surface area contributed by atoms with Gasteiger partial charge in [-0.3, -0.25) is 0 Å². The molecule has 2 amide bonds. The molecule has 2 aromatic rings. The van der Waals surface area contributed by atoms with E-state index in [-0.39, 0.29) is 12.1 Å². The van der Waals surface area contributed by atoms with Gasteiger partial charge in [0.05, 0.1) is 0 Å². The predicted molar refractivity (Wildman–Crippen MR) is 97.4 cm³/mol. The molecule has 0 saturated heterocycles. The Morgan fingerprint density at radius 3 is 2.88 bits per heavy atom. The summed E-state index contributed by atoms with van der Waals surface area (Å²) in [4.78, 5) is 18.7. The van der Waals surface area contributed by atoms with Crippen LogP contribution in [-0.2, 0) is 6.54 Å². The van der Waals surface area contributed by atoms with Gasteiger partial charge in [0.15, 0.2) is 5.82 Å². The van der Waals surface area contributed by atoms with E-state index in [0.717, 1.165) is 11.4 Å². The first-order valence-corrected chi connectivity index (χ1v) is 9.11. The van der Waals surface area contributed by atoms with Gasteiger partial charge in [-0.15, -0.1) is 0 Å². The summed E-state index contributed by atoms with van der Waals surface area (Å²) in [7, 11) is 1.90. The van der Waals surface area contributed by atoms with Crippen LogP contribution in [0.2, 0.25) is 0 Å². The van der Waals surface area contributed by atoms with Crippen molar-refractivity contribution in [3.8, 4) is 5.82 Å². The second kappa shape index (κ2) is 8.14. The zero-order chi connectivity index (χ0) is 17.6. The molecule has 0 radical (unpaired) electrons. The molecule has 3 rings (SSSR count). The summed E-state index contributed by atoms with van der Waals surface area (Å²) in [6.45, 7) is 2.65. The van der Waals surface area contributed by atoms with Gasteiger partial charge in [0, 0.05) is 38.2 Å². The molecule has 6 nitrogen and oxygen atoms in total. The van der Waals surface area contributed by atoms with Crippen LogP contribution in [0.1, 0.15) is 44.6 Å². The number of rotatable bonds is 5. The predicted octanol–water partition coefficient (Wildman–Crippen LogP) is 3.38. The van der Waals surface area contributed by atoms with Crippen molar-refractivity contribution in [1.29, 1.82) is 0 Å². The number of hydrogen-bond acceptors (Lipinski definition) is 3. The quantitative estimate of drug-likeness (QED) is 0.907. The van der Waals surface area contributed by atoms with Crippen molar-refractivity contribution in [3.63, 3.8) is 0 Å². The molecule has 0 aromatic carbocycles. The van der Waals surface area contributed by atoms with Crippen molar-refractivity contribution in [2.75, 3.05) is 7.05 Å². The lowest BCUT2D eigenvalue weighted by Crippen LogP contribution is -2.45. The fourth-order valence-electron chi connectivity index (χ4n) is 3.52. The number of carbonyl (C=O) groups is 1. The van der Waals surface area contributed by atoms with Crippen molar-refractivity contribution in [3.05, 3.63) is 42.4 Å². The van der Waals surface area contributed by atoms with Gasteiger partial charge in [-0.1, -0.05) is 19.3 Å². The number of nitrogens with zero attached hydrogens (tertiary/aromatic N) is 4. The lowest BCUT2D eigenvalue weighted by atomic mass is 9.84. The minimum Gasteiger partial charge on any atom is -0.334 e. The maximum absolute atomic E-state index is 12.5. The van der Waals surface area contributed by atoms with E-state index in [0.29, 0.717) is 12.5 Å². The van der Waals surface area contributed by atoms with E-state index >= 15 is 0 Å². The highest BCUT2D eigenvalue weighted by Crippen LogP contribution is 2.28. The molecule has 1 N–H and O–H groups in total. The topological polar surface area (TPSA) is 63.1 Å². The summed E-state index contributed by atoms with van der Waals surface area (Å²) in [5.74, 6) is 1.37. The summed E-state index contributed by atoms with van der Waals surface area (Å²) >= 11 is 0. The number of amides is 2. The van der Waals surface area contributed by atoms with Gasteiger partial charge in [-0.25, -0.2) is 14.5 Å². The molecular weight excluding hydrogens is 314 g/mol. The van der Waals surface area contributed by atoms with Crippen LogP contribution in [-0.4, -0.2) is 38.8 Å². The van der Waals surface area contributed by atoms with Crippen LogP contribution in [0.25, 0.3) is 5.82 Å². The zero-order valence-electron chi connectivity index (χ0n) is 15.1. The molecule has 1 aliphatic carbocycles. The average molecular weight is 341 g/mol. The highest BCUT2D eigenvalue weighted by atomic mass is 16.2. The van der Waals surface area contributed by atoms with Crippen molar-refractivity contribution in [2.45, 2.75) is 51.6 Å². The van der Waals surface area contributed by atoms with Crippen molar-refractivity contribution < 1.29 is 4.79 Å². The molecular formula is C19H27N5O. The van der Waals surface area contributed by atoms with E-state index in [9.17, 15) is 4.79 Å². The molecule has 2 heterocycles. The third-order valence-electron chi connectivity index (χ3n) is 5.26. The van der Waals surface area contributed by atoms with E-state index in [1.165, 1.54) is 32.1 Å². The average Bonchev–Trinajstić information content (AvgIpc) is 3.20. The van der Waals surface area contributed by atoms with Crippen LogP contribution in [0.4, 0.5) is 4.79 Å². The molecule has 1 atom stereocenters. The Hall–Kier alpha value is -2.37. The lowest BCUT2D eigenvalue weighted by Gasteiger charge is -2.34. The molecule has 1 aliphatic rings. The normalized spacial score (nSPS) is 16.4. The first-order chi connectivity index (χ1) is 12.1. The van der Waals surface area contributed by atoms with Crippen LogP contribution in [0.15, 0.2) is 36.8 Å². The first kappa shape index (κ1) is 17.5.